The zero-order valence-corrected chi connectivity index (χ0v) is 5.63. The molecule has 2 aromatic heterocycles. The van der Waals surface area contributed by atoms with Gasteiger partial charge in [0.2, 0.25) is 0 Å². The van der Waals surface area contributed by atoms with Crippen LogP contribution in [-0.2, 0) is 0 Å². The van der Waals surface area contributed by atoms with E-state index in [1.54, 1.807) is 6.20 Å². The maximum absolute atomic E-state index is 5.56. The summed E-state index contributed by atoms with van der Waals surface area (Å²) in [6, 6.07) is 0. The van der Waals surface area contributed by atoms with Gasteiger partial charge < -0.3 is 0 Å². The molecule has 0 radical (unpaired) electrons. The van der Waals surface area contributed by atoms with E-state index in [-0.39, 0.29) is 0 Å². The average molecular weight is 155 g/mol. The van der Waals surface area contributed by atoms with E-state index >= 15 is 0 Å². The van der Waals surface area contributed by atoms with Crippen LogP contribution in [0.1, 0.15) is 0 Å². The smallest absolute Gasteiger partial charge is 0.174 e. The monoisotopic (exact) mass is 154 g/mol. The summed E-state index contributed by atoms with van der Waals surface area (Å²) in [7, 11) is 0. The predicted molar refractivity (Wildman–Crippen MR) is 36.7 cm³/mol. The summed E-state index contributed by atoms with van der Waals surface area (Å²) in [5.74, 6) is 0. The fourth-order valence-electron chi connectivity index (χ4n) is 0.712. The van der Waals surface area contributed by atoms with Crippen LogP contribution in [0.2, 0.25) is 5.15 Å². The van der Waals surface area contributed by atoms with Gasteiger partial charge in [0.25, 0.3) is 0 Å². The van der Waals surface area contributed by atoms with E-state index in [0.717, 1.165) is 0 Å². The molecular weight excluding hydrogens is 152 g/mol. The molecular formula is C5H3ClN4. The van der Waals surface area contributed by atoms with Crippen molar-refractivity contribution in [1.29, 1.82) is 0 Å². The summed E-state index contributed by atoms with van der Waals surface area (Å²) in [6.07, 6.45) is 3.05. The van der Waals surface area contributed by atoms with Crippen LogP contribution < -0.4 is 0 Å². The first kappa shape index (κ1) is 5.61. The van der Waals surface area contributed by atoms with Gasteiger partial charge in [-0.05, 0) is 0 Å². The number of hydrogen-bond donors (Lipinski definition) is 1. The number of nitrogens with one attached hydrogen (secondary N) is 1. The maximum atomic E-state index is 5.56. The van der Waals surface area contributed by atoms with Crippen molar-refractivity contribution in [2.45, 2.75) is 0 Å². The molecule has 0 saturated carbocycles. The highest BCUT2D eigenvalue weighted by Crippen LogP contribution is 2.07. The first-order valence-corrected chi connectivity index (χ1v) is 3.06. The average Bonchev–Trinajstić information content (AvgIpc) is 2.33. The van der Waals surface area contributed by atoms with Crippen LogP contribution in [0.5, 0.6) is 0 Å². The SMILES string of the molecule is Clc1cnc2[nH]ncc2n1. The molecule has 5 heteroatoms. The van der Waals surface area contributed by atoms with E-state index < -0.39 is 0 Å². The highest BCUT2D eigenvalue weighted by Gasteiger charge is 1.96. The molecule has 2 aromatic rings. The van der Waals surface area contributed by atoms with Gasteiger partial charge >= 0.3 is 0 Å². The topological polar surface area (TPSA) is 54.5 Å². The lowest BCUT2D eigenvalue weighted by molar-refractivity contribution is 1.10. The Morgan fingerprint density at radius 3 is 3.20 bits per heavy atom. The van der Waals surface area contributed by atoms with Gasteiger partial charge in [-0.2, -0.15) is 5.10 Å². The van der Waals surface area contributed by atoms with Crippen LogP contribution in [-0.4, -0.2) is 20.2 Å². The Balaban J connectivity index is 2.86. The molecule has 0 aromatic carbocycles. The van der Waals surface area contributed by atoms with E-state index in [2.05, 4.69) is 20.2 Å². The van der Waals surface area contributed by atoms with Crippen molar-refractivity contribution in [3.05, 3.63) is 17.5 Å². The van der Waals surface area contributed by atoms with Gasteiger partial charge in [-0.25, -0.2) is 9.97 Å². The van der Waals surface area contributed by atoms with Crippen molar-refractivity contribution < 1.29 is 0 Å². The van der Waals surface area contributed by atoms with Gasteiger partial charge in [-0.3, -0.25) is 5.10 Å². The predicted octanol–water partition coefficient (Wildman–Crippen LogP) is 1.01. The van der Waals surface area contributed by atoms with Crippen molar-refractivity contribution in [1.82, 2.24) is 20.2 Å². The van der Waals surface area contributed by atoms with E-state index in [1.807, 2.05) is 0 Å². The lowest BCUT2D eigenvalue weighted by Crippen LogP contribution is -1.79. The molecule has 0 bridgehead atoms. The van der Waals surface area contributed by atoms with Crippen molar-refractivity contribution in [3.8, 4) is 0 Å². The third kappa shape index (κ3) is 0.733. The Morgan fingerprint density at radius 1 is 1.40 bits per heavy atom. The molecule has 0 aliphatic rings. The van der Waals surface area contributed by atoms with Crippen molar-refractivity contribution in [3.63, 3.8) is 0 Å². The molecule has 10 heavy (non-hydrogen) atoms. The Morgan fingerprint density at radius 2 is 2.30 bits per heavy atom. The van der Waals surface area contributed by atoms with Crippen LogP contribution in [0.15, 0.2) is 12.4 Å². The number of aromatic nitrogens is 4. The summed E-state index contributed by atoms with van der Waals surface area (Å²) in [5.41, 5.74) is 1.34. The lowest BCUT2D eigenvalue weighted by atomic mass is 10.6. The zero-order chi connectivity index (χ0) is 6.97. The number of hydrogen-bond acceptors (Lipinski definition) is 3. The van der Waals surface area contributed by atoms with Gasteiger partial charge in [0, 0.05) is 0 Å². The number of halogens is 1. The van der Waals surface area contributed by atoms with Crippen LogP contribution in [0.25, 0.3) is 11.2 Å². The normalized spacial score (nSPS) is 10.5. The minimum atomic E-state index is 0.383. The quantitative estimate of drug-likeness (QED) is 0.616. The third-order valence-electron chi connectivity index (χ3n) is 1.13. The number of aromatic amines is 1. The number of nitrogens with zero attached hydrogens (tertiary/aromatic N) is 3. The molecule has 2 rings (SSSR count). The molecule has 0 aliphatic heterocycles. The van der Waals surface area contributed by atoms with Crippen LogP contribution >= 0.6 is 11.6 Å². The largest absolute Gasteiger partial charge is 0.259 e. The number of fused-ring (bicyclic) bond motifs is 1. The van der Waals surface area contributed by atoms with E-state index in [9.17, 15) is 0 Å². The molecule has 0 atom stereocenters. The molecule has 0 amide bonds. The summed E-state index contributed by atoms with van der Waals surface area (Å²) in [6.45, 7) is 0. The molecule has 50 valence electrons. The maximum Gasteiger partial charge on any atom is 0.174 e. The van der Waals surface area contributed by atoms with E-state index in [4.69, 9.17) is 11.6 Å². The Kier molecular flexibility index (Phi) is 1.07. The fourth-order valence-corrected chi connectivity index (χ4v) is 0.851. The van der Waals surface area contributed by atoms with Gasteiger partial charge in [0.15, 0.2) is 5.65 Å². The van der Waals surface area contributed by atoms with Gasteiger partial charge in [-0.15, -0.1) is 0 Å². The molecule has 1 N–H and O–H groups in total. The Bertz CT molecular complexity index is 355. The molecule has 0 fully saturated rings. The molecule has 0 saturated heterocycles. The third-order valence-corrected chi connectivity index (χ3v) is 1.31. The minimum Gasteiger partial charge on any atom is -0.259 e. The fraction of sp³-hybridized carbons (Fsp3) is 0. The standard InChI is InChI=1S/C5H3ClN4/c6-4-2-7-5-3(9-4)1-8-10-5/h1-2H,(H,7,8,10). The van der Waals surface area contributed by atoms with Gasteiger partial charge in [-0.1, -0.05) is 11.6 Å². The summed E-state index contributed by atoms with van der Waals surface area (Å²) < 4.78 is 0. The first-order valence-electron chi connectivity index (χ1n) is 2.68. The van der Waals surface area contributed by atoms with Crippen molar-refractivity contribution >= 4 is 22.8 Å². The highest BCUT2D eigenvalue weighted by atomic mass is 35.5. The highest BCUT2D eigenvalue weighted by molar-refractivity contribution is 6.29. The van der Waals surface area contributed by atoms with Crippen LogP contribution in [0.3, 0.4) is 0 Å². The van der Waals surface area contributed by atoms with E-state index in [0.29, 0.717) is 16.3 Å². The molecule has 0 spiro atoms. The second-order valence-corrected chi connectivity index (χ2v) is 2.18. The molecule has 2 heterocycles. The summed E-state index contributed by atoms with van der Waals surface area (Å²) >= 11 is 5.56. The van der Waals surface area contributed by atoms with Crippen molar-refractivity contribution in [2.24, 2.45) is 0 Å². The van der Waals surface area contributed by atoms with Gasteiger partial charge in [0.1, 0.15) is 10.7 Å². The minimum absolute atomic E-state index is 0.383. The summed E-state index contributed by atoms with van der Waals surface area (Å²) in [4.78, 5) is 7.87. The number of H-pyrrole nitrogens is 1. The van der Waals surface area contributed by atoms with E-state index in [1.165, 1.54) is 6.20 Å². The van der Waals surface area contributed by atoms with Crippen LogP contribution in [0, 0.1) is 0 Å². The Labute approximate surface area is 61.3 Å². The number of rotatable bonds is 0. The Hall–Kier alpha value is -1.16. The second-order valence-electron chi connectivity index (χ2n) is 1.80. The molecule has 4 nitrogen and oxygen atoms in total. The second kappa shape index (κ2) is 1.91. The van der Waals surface area contributed by atoms with Crippen LogP contribution in [0.4, 0.5) is 0 Å². The zero-order valence-electron chi connectivity index (χ0n) is 4.87. The molecule has 0 aliphatic carbocycles. The van der Waals surface area contributed by atoms with Crippen molar-refractivity contribution in [2.75, 3.05) is 0 Å². The first-order chi connectivity index (χ1) is 4.86. The lowest BCUT2D eigenvalue weighted by Gasteiger charge is -1.85. The van der Waals surface area contributed by atoms with Gasteiger partial charge in [0.05, 0.1) is 12.4 Å². The molecule has 0 unspecified atom stereocenters. The summed E-state index contributed by atoms with van der Waals surface area (Å²) in [5, 5.41) is 6.78.